The van der Waals surface area contributed by atoms with Gasteiger partial charge in [0, 0.05) is 18.1 Å². The highest BCUT2D eigenvalue weighted by Gasteiger charge is 2.10. The van der Waals surface area contributed by atoms with Gasteiger partial charge in [0.2, 0.25) is 0 Å². The normalized spacial score (nSPS) is 10.2. The summed E-state index contributed by atoms with van der Waals surface area (Å²) in [5.41, 5.74) is 1.93. The number of ether oxygens (including phenoxy) is 1. The molecule has 132 valence electrons. The number of anilines is 2. The minimum absolute atomic E-state index is 0.332. The summed E-state index contributed by atoms with van der Waals surface area (Å²) in [6.07, 6.45) is 4.69. The van der Waals surface area contributed by atoms with Crippen LogP contribution < -0.4 is 10.6 Å². The molecule has 2 N–H and O–H groups in total. The molecule has 0 bridgehead atoms. The molecule has 2 aromatic heterocycles. The fraction of sp³-hybridized carbons (Fsp3) is 0.105. The second-order valence-electron chi connectivity index (χ2n) is 5.42. The number of esters is 1. The highest BCUT2D eigenvalue weighted by molar-refractivity contribution is 6.05. The van der Waals surface area contributed by atoms with Gasteiger partial charge in [-0.15, -0.1) is 0 Å². The van der Waals surface area contributed by atoms with Crippen molar-refractivity contribution in [2.45, 2.75) is 6.54 Å². The number of rotatable bonds is 6. The Bertz CT molecular complexity index is 907. The summed E-state index contributed by atoms with van der Waals surface area (Å²) in [5, 5.41) is 5.88. The van der Waals surface area contributed by atoms with Gasteiger partial charge in [-0.3, -0.25) is 9.78 Å². The summed E-state index contributed by atoms with van der Waals surface area (Å²) in [7, 11) is 1.31. The van der Waals surface area contributed by atoms with Gasteiger partial charge in [-0.25, -0.2) is 4.79 Å². The summed E-state index contributed by atoms with van der Waals surface area (Å²) in [6, 6.07) is 11.9. The maximum absolute atomic E-state index is 12.4. The lowest BCUT2D eigenvalue weighted by atomic mass is 10.2. The number of furan rings is 1. The van der Waals surface area contributed by atoms with Crippen LogP contribution in [0.2, 0.25) is 0 Å². The number of hydrogen-bond donors (Lipinski definition) is 2. The standard InChI is InChI=1S/C19H17N3O4/c1-25-19(24)13-4-2-5-15(8-13)22-18(23)14-9-16(11-20-10-14)21-12-17-6-3-7-26-17/h2-11,21H,12H2,1H3,(H,22,23). The van der Waals surface area contributed by atoms with Crippen molar-refractivity contribution in [1.29, 1.82) is 0 Å². The first-order valence-corrected chi connectivity index (χ1v) is 7.87. The van der Waals surface area contributed by atoms with Gasteiger partial charge in [0.05, 0.1) is 36.7 Å². The van der Waals surface area contributed by atoms with Gasteiger partial charge in [0.15, 0.2) is 0 Å². The molecule has 3 rings (SSSR count). The molecule has 1 amide bonds. The van der Waals surface area contributed by atoms with E-state index >= 15 is 0 Å². The van der Waals surface area contributed by atoms with Crippen molar-refractivity contribution in [3.63, 3.8) is 0 Å². The molecule has 3 aromatic rings. The SMILES string of the molecule is COC(=O)c1cccc(NC(=O)c2cncc(NCc3ccco3)c2)c1. The van der Waals surface area contributed by atoms with Crippen LogP contribution in [-0.4, -0.2) is 24.0 Å². The van der Waals surface area contributed by atoms with Crippen molar-refractivity contribution in [3.8, 4) is 0 Å². The van der Waals surface area contributed by atoms with Crippen LogP contribution in [-0.2, 0) is 11.3 Å². The van der Waals surface area contributed by atoms with Crippen molar-refractivity contribution in [2.75, 3.05) is 17.7 Å². The predicted octanol–water partition coefficient (Wildman–Crippen LogP) is 3.33. The Morgan fingerprint density at radius 3 is 2.69 bits per heavy atom. The number of carbonyl (C=O) groups excluding carboxylic acids is 2. The maximum Gasteiger partial charge on any atom is 0.337 e. The summed E-state index contributed by atoms with van der Waals surface area (Å²) in [6.45, 7) is 0.487. The number of amides is 1. The number of benzene rings is 1. The largest absolute Gasteiger partial charge is 0.467 e. The summed E-state index contributed by atoms with van der Waals surface area (Å²) in [5.74, 6) is -0.0208. The molecule has 0 atom stereocenters. The van der Waals surface area contributed by atoms with Crippen molar-refractivity contribution in [1.82, 2.24) is 4.98 Å². The van der Waals surface area contributed by atoms with Gasteiger partial charge < -0.3 is 19.8 Å². The van der Waals surface area contributed by atoms with Crippen molar-refractivity contribution < 1.29 is 18.7 Å². The topological polar surface area (TPSA) is 93.5 Å². The van der Waals surface area contributed by atoms with Gasteiger partial charge >= 0.3 is 5.97 Å². The first-order valence-electron chi connectivity index (χ1n) is 7.87. The third kappa shape index (κ3) is 4.27. The zero-order valence-electron chi connectivity index (χ0n) is 14.1. The van der Waals surface area contributed by atoms with E-state index in [2.05, 4.69) is 20.4 Å². The molecule has 0 saturated heterocycles. The van der Waals surface area contributed by atoms with Crippen LogP contribution in [0.15, 0.2) is 65.5 Å². The lowest BCUT2D eigenvalue weighted by Gasteiger charge is -2.09. The van der Waals surface area contributed by atoms with E-state index in [1.165, 1.54) is 13.3 Å². The molecule has 7 heteroatoms. The molecule has 26 heavy (non-hydrogen) atoms. The van der Waals surface area contributed by atoms with Crippen molar-refractivity contribution in [3.05, 3.63) is 78.0 Å². The Balaban J connectivity index is 1.68. The third-order valence-electron chi connectivity index (χ3n) is 3.59. The summed E-state index contributed by atoms with van der Waals surface area (Å²) in [4.78, 5) is 28.1. The second-order valence-corrected chi connectivity index (χ2v) is 5.42. The minimum atomic E-state index is -0.466. The van der Waals surface area contributed by atoms with E-state index in [1.807, 2.05) is 12.1 Å². The summed E-state index contributed by atoms with van der Waals surface area (Å²) < 4.78 is 9.93. The van der Waals surface area contributed by atoms with E-state index in [4.69, 9.17) is 4.42 Å². The van der Waals surface area contributed by atoms with E-state index in [0.29, 0.717) is 29.0 Å². The number of nitrogens with zero attached hydrogens (tertiary/aromatic N) is 1. The number of nitrogens with one attached hydrogen (secondary N) is 2. The zero-order chi connectivity index (χ0) is 18.4. The molecule has 0 saturated carbocycles. The smallest absolute Gasteiger partial charge is 0.337 e. The van der Waals surface area contributed by atoms with Crippen LogP contribution in [0.4, 0.5) is 11.4 Å². The average Bonchev–Trinajstić information content (AvgIpc) is 3.20. The van der Waals surface area contributed by atoms with E-state index in [-0.39, 0.29) is 5.91 Å². The number of hydrogen-bond acceptors (Lipinski definition) is 6. The van der Waals surface area contributed by atoms with Crippen LogP contribution in [0.1, 0.15) is 26.5 Å². The lowest BCUT2D eigenvalue weighted by Crippen LogP contribution is -2.13. The van der Waals surface area contributed by atoms with Crippen LogP contribution in [0.5, 0.6) is 0 Å². The summed E-state index contributed by atoms with van der Waals surface area (Å²) >= 11 is 0. The first kappa shape index (κ1) is 17.2. The van der Waals surface area contributed by atoms with Crippen molar-refractivity contribution >= 4 is 23.3 Å². The Morgan fingerprint density at radius 1 is 1.08 bits per heavy atom. The van der Waals surface area contributed by atoms with E-state index in [0.717, 1.165) is 5.76 Å². The van der Waals surface area contributed by atoms with Crippen LogP contribution in [0.25, 0.3) is 0 Å². The molecule has 7 nitrogen and oxygen atoms in total. The van der Waals surface area contributed by atoms with Gasteiger partial charge in [-0.1, -0.05) is 6.07 Å². The fourth-order valence-corrected chi connectivity index (χ4v) is 2.31. The molecule has 0 fully saturated rings. The highest BCUT2D eigenvalue weighted by atomic mass is 16.5. The van der Waals surface area contributed by atoms with Gasteiger partial charge in [-0.05, 0) is 36.4 Å². The van der Waals surface area contributed by atoms with Gasteiger partial charge in [0.1, 0.15) is 5.76 Å². The maximum atomic E-state index is 12.4. The molecule has 0 aliphatic heterocycles. The molecule has 0 radical (unpaired) electrons. The predicted molar refractivity (Wildman–Crippen MR) is 96.0 cm³/mol. The first-order chi connectivity index (χ1) is 12.7. The van der Waals surface area contributed by atoms with Crippen LogP contribution in [0, 0.1) is 0 Å². The Kier molecular flexibility index (Phi) is 5.28. The highest BCUT2D eigenvalue weighted by Crippen LogP contribution is 2.15. The van der Waals surface area contributed by atoms with Crippen LogP contribution in [0.3, 0.4) is 0 Å². The molecule has 0 spiro atoms. The van der Waals surface area contributed by atoms with Gasteiger partial charge in [-0.2, -0.15) is 0 Å². The van der Waals surface area contributed by atoms with E-state index < -0.39 is 5.97 Å². The number of aromatic nitrogens is 1. The Hall–Kier alpha value is -3.61. The number of carbonyl (C=O) groups is 2. The number of pyridine rings is 1. The fourth-order valence-electron chi connectivity index (χ4n) is 2.31. The van der Waals surface area contributed by atoms with Crippen molar-refractivity contribution in [2.24, 2.45) is 0 Å². The molecule has 0 aliphatic rings. The Morgan fingerprint density at radius 2 is 1.92 bits per heavy atom. The van der Waals surface area contributed by atoms with E-state index in [9.17, 15) is 9.59 Å². The molecular formula is C19H17N3O4. The molecule has 0 unspecified atom stereocenters. The molecule has 0 aliphatic carbocycles. The van der Waals surface area contributed by atoms with Gasteiger partial charge in [0.25, 0.3) is 5.91 Å². The van der Waals surface area contributed by atoms with Crippen LogP contribution >= 0.6 is 0 Å². The lowest BCUT2D eigenvalue weighted by molar-refractivity contribution is 0.0600. The molecule has 1 aromatic carbocycles. The number of methoxy groups -OCH3 is 1. The molecule has 2 heterocycles. The monoisotopic (exact) mass is 351 g/mol. The Labute approximate surface area is 150 Å². The minimum Gasteiger partial charge on any atom is -0.467 e. The second kappa shape index (κ2) is 7.98. The zero-order valence-corrected chi connectivity index (χ0v) is 14.1. The third-order valence-corrected chi connectivity index (χ3v) is 3.59. The van der Waals surface area contributed by atoms with E-state index in [1.54, 1.807) is 42.8 Å². The quantitative estimate of drug-likeness (QED) is 0.662. The average molecular weight is 351 g/mol. The molecular weight excluding hydrogens is 334 g/mol.